The van der Waals surface area contributed by atoms with Gasteiger partial charge in [0.1, 0.15) is 5.60 Å². The normalized spacial score (nSPS) is 31.4. The van der Waals surface area contributed by atoms with E-state index in [2.05, 4.69) is 5.32 Å². The van der Waals surface area contributed by atoms with E-state index in [0.29, 0.717) is 6.54 Å². The predicted molar refractivity (Wildman–Crippen MR) is 81.3 cm³/mol. The summed E-state index contributed by atoms with van der Waals surface area (Å²) in [6, 6.07) is 10.1. The lowest BCUT2D eigenvalue weighted by atomic mass is 9.90. The average molecular weight is 286 g/mol. The Labute approximate surface area is 125 Å². The first-order chi connectivity index (χ1) is 10.2. The fourth-order valence-electron chi connectivity index (χ4n) is 3.70. The van der Waals surface area contributed by atoms with Crippen LogP contribution in [0, 0.1) is 0 Å². The molecule has 4 rings (SSSR count). The molecular formula is C17H22N2O2. The lowest BCUT2D eigenvalue weighted by Crippen LogP contribution is -2.60. The highest BCUT2D eigenvalue weighted by atomic mass is 16.5. The van der Waals surface area contributed by atoms with Crippen LogP contribution in [0.25, 0.3) is 0 Å². The van der Waals surface area contributed by atoms with Crippen molar-refractivity contribution in [1.82, 2.24) is 5.32 Å². The number of rotatable bonds is 1. The molecule has 112 valence electrons. The van der Waals surface area contributed by atoms with Gasteiger partial charge in [0.2, 0.25) is 0 Å². The topological polar surface area (TPSA) is 41.6 Å². The standard InChI is InChI=1S/C17H22N2O2/c20-15-17(8-9-17)21-16(7-4-11-18-12-10-16)13-19(15)14-5-2-1-3-6-14/h1-3,5-6,18H,4,7-13H2. The molecule has 21 heavy (non-hydrogen) atoms. The fourth-order valence-corrected chi connectivity index (χ4v) is 3.70. The molecule has 2 saturated heterocycles. The summed E-state index contributed by atoms with van der Waals surface area (Å²) in [5, 5.41) is 3.45. The largest absolute Gasteiger partial charge is 0.357 e. The quantitative estimate of drug-likeness (QED) is 0.859. The summed E-state index contributed by atoms with van der Waals surface area (Å²) in [6.07, 6.45) is 4.91. The average Bonchev–Trinajstić information content (AvgIpc) is 3.30. The molecule has 1 amide bonds. The summed E-state index contributed by atoms with van der Waals surface area (Å²) < 4.78 is 6.43. The Balaban J connectivity index is 1.68. The van der Waals surface area contributed by atoms with E-state index in [1.807, 2.05) is 35.2 Å². The first-order valence-electron chi connectivity index (χ1n) is 8.01. The maximum Gasteiger partial charge on any atom is 0.259 e. The van der Waals surface area contributed by atoms with Crippen LogP contribution >= 0.6 is 0 Å². The zero-order valence-corrected chi connectivity index (χ0v) is 12.3. The lowest BCUT2D eigenvalue weighted by Gasteiger charge is -2.46. The van der Waals surface area contributed by atoms with Crippen LogP contribution in [0.15, 0.2) is 30.3 Å². The van der Waals surface area contributed by atoms with Crippen molar-refractivity contribution in [3.8, 4) is 0 Å². The van der Waals surface area contributed by atoms with E-state index in [1.54, 1.807) is 0 Å². The van der Waals surface area contributed by atoms with E-state index >= 15 is 0 Å². The maximum atomic E-state index is 12.8. The van der Waals surface area contributed by atoms with Gasteiger partial charge in [0.15, 0.2) is 0 Å². The number of ether oxygens (including phenoxy) is 1. The minimum absolute atomic E-state index is 0.163. The minimum atomic E-state index is -0.515. The Morgan fingerprint density at radius 2 is 1.86 bits per heavy atom. The van der Waals surface area contributed by atoms with Crippen molar-refractivity contribution >= 4 is 11.6 Å². The van der Waals surface area contributed by atoms with Crippen LogP contribution < -0.4 is 10.2 Å². The molecule has 0 radical (unpaired) electrons. The van der Waals surface area contributed by atoms with Crippen LogP contribution in [0.3, 0.4) is 0 Å². The third-order valence-corrected chi connectivity index (χ3v) is 5.01. The zero-order valence-electron chi connectivity index (χ0n) is 12.3. The third kappa shape index (κ3) is 2.27. The Kier molecular flexibility index (Phi) is 3.05. The molecule has 1 aromatic rings. The summed E-state index contributed by atoms with van der Waals surface area (Å²) in [6.45, 7) is 2.73. The summed E-state index contributed by atoms with van der Waals surface area (Å²) in [5.74, 6) is 0.163. The second-order valence-corrected chi connectivity index (χ2v) is 6.61. The van der Waals surface area contributed by atoms with Crippen LogP contribution in [-0.4, -0.2) is 36.7 Å². The van der Waals surface area contributed by atoms with E-state index in [9.17, 15) is 4.79 Å². The molecule has 3 aliphatic rings. The predicted octanol–water partition coefficient (Wildman–Crippen LogP) is 2.09. The molecule has 4 heteroatoms. The number of carbonyl (C=O) groups is 1. The Hall–Kier alpha value is -1.39. The number of carbonyl (C=O) groups excluding carboxylic acids is 1. The van der Waals surface area contributed by atoms with Gasteiger partial charge in [-0.3, -0.25) is 4.79 Å². The van der Waals surface area contributed by atoms with Gasteiger partial charge in [-0.2, -0.15) is 0 Å². The number of benzene rings is 1. The number of nitrogens with zero attached hydrogens (tertiary/aromatic N) is 1. The van der Waals surface area contributed by atoms with E-state index in [-0.39, 0.29) is 11.5 Å². The highest BCUT2D eigenvalue weighted by Crippen LogP contribution is 2.50. The number of hydrogen-bond acceptors (Lipinski definition) is 3. The van der Waals surface area contributed by atoms with Gasteiger partial charge in [0.05, 0.1) is 12.1 Å². The molecule has 4 nitrogen and oxygen atoms in total. The molecule has 2 aliphatic heterocycles. The minimum Gasteiger partial charge on any atom is -0.357 e. The second kappa shape index (κ2) is 4.82. The van der Waals surface area contributed by atoms with Gasteiger partial charge in [-0.05, 0) is 57.3 Å². The van der Waals surface area contributed by atoms with Gasteiger partial charge in [-0.1, -0.05) is 18.2 Å². The van der Waals surface area contributed by atoms with Crippen LogP contribution in [0.2, 0.25) is 0 Å². The molecular weight excluding hydrogens is 264 g/mol. The van der Waals surface area contributed by atoms with Crippen molar-refractivity contribution in [2.45, 2.75) is 43.3 Å². The van der Waals surface area contributed by atoms with E-state index in [4.69, 9.17) is 4.74 Å². The summed E-state index contributed by atoms with van der Waals surface area (Å²) >= 11 is 0. The van der Waals surface area contributed by atoms with Crippen molar-refractivity contribution in [3.63, 3.8) is 0 Å². The maximum absolute atomic E-state index is 12.8. The van der Waals surface area contributed by atoms with E-state index in [1.165, 1.54) is 0 Å². The highest BCUT2D eigenvalue weighted by Gasteiger charge is 2.61. The molecule has 1 aliphatic carbocycles. The van der Waals surface area contributed by atoms with E-state index in [0.717, 1.165) is 50.9 Å². The summed E-state index contributed by atoms with van der Waals surface area (Å²) in [7, 11) is 0. The Morgan fingerprint density at radius 3 is 2.62 bits per heavy atom. The summed E-state index contributed by atoms with van der Waals surface area (Å²) in [5.41, 5.74) is 0.330. The van der Waals surface area contributed by atoms with Crippen LogP contribution in [-0.2, 0) is 9.53 Å². The molecule has 1 aromatic carbocycles. The number of para-hydroxylation sites is 1. The molecule has 3 fully saturated rings. The third-order valence-electron chi connectivity index (χ3n) is 5.01. The molecule has 1 N–H and O–H groups in total. The van der Waals surface area contributed by atoms with Gasteiger partial charge < -0.3 is 15.0 Å². The summed E-state index contributed by atoms with van der Waals surface area (Å²) in [4.78, 5) is 14.8. The highest BCUT2D eigenvalue weighted by molar-refractivity contribution is 6.02. The van der Waals surface area contributed by atoms with Gasteiger partial charge in [0.25, 0.3) is 5.91 Å². The monoisotopic (exact) mass is 286 g/mol. The zero-order chi connectivity index (χ0) is 14.3. The number of hydrogen-bond donors (Lipinski definition) is 1. The Morgan fingerprint density at radius 1 is 1.05 bits per heavy atom. The molecule has 1 atom stereocenters. The van der Waals surface area contributed by atoms with Crippen LogP contribution in [0.5, 0.6) is 0 Å². The van der Waals surface area contributed by atoms with Crippen molar-refractivity contribution < 1.29 is 9.53 Å². The molecule has 2 heterocycles. The van der Waals surface area contributed by atoms with Gasteiger partial charge in [-0.25, -0.2) is 0 Å². The van der Waals surface area contributed by atoms with Gasteiger partial charge >= 0.3 is 0 Å². The number of nitrogens with one attached hydrogen (secondary N) is 1. The molecule has 2 spiro atoms. The first kappa shape index (κ1) is 13.3. The fraction of sp³-hybridized carbons (Fsp3) is 0.588. The molecule has 1 saturated carbocycles. The molecule has 1 unspecified atom stereocenters. The lowest BCUT2D eigenvalue weighted by molar-refractivity contribution is -0.164. The second-order valence-electron chi connectivity index (χ2n) is 6.61. The van der Waals surface area contributed by atoms with Crippen molar-refractivity contribution in [2.75, 3.05) is 24.5 Å². The SMILES string of the molecule is O=C1N(c2ccccc2)CC2(CCCNCC2)OC12CC2. The Bertz CT molecular complexity index is 531. The smallest absolute Gasteiger partial charge is 0.259 e. The number of morpholine rings is 1. The van der Waals surface area contributed by atoms with Gasteiger partial charge in [-0.15, -0.1) is 0 Å². The molecule has 0 aromatic heterocycles. The van der Waals surface area contributed by atoms with E-state index < -0.39 is 5.60 Å². The first-order valence-corrected chi connectivity index (χ1v) is 8.01. The van der Waals surface area contributed by atoms with Crippen LogP contribution in [0.4, 0.5) is 5.69 Å². The van der Waals surface area contributed by atoms with Gasteiger partial charge in [0, 0.05) is 5.69 Å². The molecule has 0 bridgehead atoms. The number of amides is 1. The van der Waals surface area contributed by atoms with Crippen molar-refractivity contribution in [3.05, 3.63) is 30.3 Å². The van der Waals surface area contributed by atoms with Crippen LogP contribution in [0.1, 0.15) is 32.1 Å². The number of anilines is 1. The van der Waals surface area contributed by atoms with Crippen molar-refractivity contribution in [1.29, 1.82) is 0 Å². The van der Waals surface area contributed by atoms with Crippen molar-refractivity contribution in [2.24, 2.45) is 0 Å².